The van der Waals surface area contributed by atoms with E-state index in [1.54, 1.807) is 29.5 Å². The van der Waals surface area contributed by atoms with E-state index in [0.717, 1.165) is 16.5 Å². The van der Waals surface area contributed by atoms with Crippen molar-refractivity contribution in [1.29, 1.82) is 0 Å². The standard InChI is InChI=1S/C20H19F2N5O3/c1-29-19-16(21)15(17(22)20(26-19)30-2)6-12-8-24-18-14(12)5-11(7-23-18)13-9-25-27(10-13)3-4-28/h5,7-10,28H,3-4,6H2,1-2H3,(H,23,24). The van der Waals surface area contributed by atoms with Crippen molar-refractivity contribution < 1.29 is 23.4 Å². The van der Waals surface area contributed by atoms with Gasteiger partial charge in [-0.15, -0.1) is 0 Å². The number of aliphatic hydroxyl groups is 1. The molecule has 2 N–H and O–H groups in total. The van der Waals surface area contributed by atoms with Gasteiger partial charge in [0.2, 0.25) is 0 Å². The first-order valence-electron chi connectivity index (χ1n) is 9.11. The van der Waals surface area contributed by atoms with Gasteiger partial charge >= 0.3 is 0 Å². The number of aromatic amines is 1. The van der Waals surface area contributed by atoms with E-state index in [9.17, 15) is 8.78 Å². The van der Waals surface area contributed by atoms with E-state index in [4.69, 9.17) is 14.6 Å². The third-order valence-electron chi connectivity index (χ3n) is 4.77. The first kappa shape index (κ1) is 19.8. The second kappa shape index (κ2) is 8.07. The van der Waals surface area contributed by atoms with Crippen LogP contribution < -0.4 is 9.47 Å². The van der Waals surface area contributed by atoms with Crippen LogP contribution in [0.1, 0.15) is 11.1 Å². The van der Waals surface area contributed by atoms with Crippen molar-refractivity contribution in [3.8, 4) is 22.9 Å². The van der Waals surface area contributed by atoms with Gasteiger partial charge in [0.1, 0.15) is 5.65 Å². The number of ether oxygens (including phenoxy) is 2. The fourth-order valence-corrected chi connectivity index (χ4v) is 3.26. The summed E-state index contributed by atoms with van der Waals surface area (Å²) in [5, 5.41) is 14.0. The molecule has 4 rings (SSSR count). The number of aliphatic hydroxyl groups excluding tert-OH is 1. The summed E-state index contributed by atoms with van der Waals surface area (Å²) in [5.41, 5.74) is 2.63. The van der Waals surface area contributed by atoms with Crippen LogP contribution in [-0.2, 0) is 13.0 Å². The fraction of sp³-hybridized carbons (Fsp3) is 0.250. The normalized spacial score (nSPS) is 11.2. The van der Waals surface area contributed by atoms with E-state index in [1.807, 2.05) is 6.07 Å². The van der Waals surface area contributed by atoms with Gasteiger partial charge in [-0.05, 0) is 11.6 Å². The number of aromatic nitrogens is 5. The van der Waals surface area contributed by atoms with Crippen LogP contribution in [-0.4, -0.2) is 50.7 Å². The van der Waals surface area contributed by atoms with Crippen LogP contribution in [0.25, 0.3) is 22.2 Å². The highest BCUT2D eigenvalue weighted by atomic mass is 19.1. The summed E-state index contributed by atoms with van der Waals surface area (Å²) >= 11 is 0. The number of halogens is 2. The van der Waals surface area contributed by atoms with E-state index >= 15 is 0 Å². The Morgan fingerprint density at radius 1 is 1.10 bits per heavy atom. The quantitative estimate of drug-likeness (QED) is 0.482. The summed E-state index contributed by atoms with van der Waals surface area (Å²) in [5.74, 6) is -2.42. The molecule has 0 atom stereocenters. The number of hydrogen-bond acceptors (Lipinski definition) is 6. The van der Waals surface area contributed by atoms with Crippen molar-refractivity contribution in [1.82, 2.24) is 24.7 Å². The Hall–Kier alpha value is -3.53. The van der Waals surface area contributed by atoms with Crippen molar-refractivity contribution in [2.45, 2.75) is 13.0 Å². The maximum absolute atomic E-state index is 14.7. The Morgan fingerprint density at radius 2 is 1.83 bits per heavy atom. The first-order chi connectivity index (χ1) is 14.5. The van der Waals surface area contributed by atoms with E-state index in [0.29, 0.717) is 17.8 Å². The molecule has 0 spiro atoms. The Balaban J connectivity index is 1.75. The highest BCUT2D eigenvalue weighted by molar-refractivity contribution is 5.84. The fourth-order valence-electron chi connectivity index (χ4n) is 3.26. The van der Waals surface area contributed by atoms with Gasteiger partial charge < -0.3 is 19.6 Å². The topological polar surface area (TPSA) is 98.1 Å². The van der Waals surface area contributed by atoms with E-state index in [1.165, 1.54) is 14.2 Å². The molecule has 156 valence electrons. The number of pyridine rings is 2. The molecule has 0 amide bonds. The average Bonchev–Trinajstić information content (AvgIpc) is 3.38. The zero-order valence-corrected chi connectivity index (χ0v) is 16.3. The van der Waals surface area contributed by atoms with Crippen LogP contribution in [0.4, 0.5) is 8.78 Å². The molecular weight excluding hydrogens is 396 g/mol. The molecule has 4 heterocycles. The summed E-state index contributed by atoms with van der Waals surface area (Å²) in [6, 6.07) is 1.87. The smallest absolute Gasteiger partial charge is 0.253 e. The molecule has 4 aromatic heterocycles. The van der Waals surface area contributed by atoms with Crippen molar-refractivity contribution in [2.24, 2.45) is 0 Å². The van der Waals surface area contributed by atoms with Crippen molar-refractivity contribution in [3.05, 3.63) is 53.6 Å². The molecule has 8 nitrogen and oxygen atoms in total. The van der Waals surface area contributed by atoms with Crippen LogP contribution in [0.15, 0.2) is 30.9 Å². The van der Waals surface area contributed by atoms with E-state index in [-0.39, 0.29) is 30.4 Å². The molecule has 0 unspecified atom stereocenters. The van der Waals surface area contributed by atoms with Crippen LogP contribution in [0, 0.1) is 11.6 Å². The molecule has 0 aliphatic heterocycles. The van der Waals surface area contributed by atoms with Gasteiger partial charge in [-0.25, -0.2) is 13.8 Å². The molecule has 0 aromatic carbocycles. The van der Waals surface area contributed by atoms with Crippen LogP contribution >= 0.6 is 0 Å². The van der Waals surface area contributed by atoms with Crippen LogP contribution in [0.5, 0.6) is 11.8 Å². The number of fused-ring (bicyclic) bond motifs is 1. The minimum absolute atomic E-state index is 0.0175. The third kappa shape index (κ3) is 3.45. The lowest BCUT2D eigenvalue weighted by molar-refractivity contribution is 0.269. The Kier molecular flexibility index (Phi) is 5.32. The van der Waals surface area contributed by atoms with Gasteiger partial charge in [0.25, 0.3) is 11.8 Å². The average molecular weight is 415 g/mol. The number of H-pyrrole nitrogens is 1. The van der Waals surface area contributed by atoms with Gasteiger partial charge in [-0.1, -0.05) is 0 Å². The highest BCUT2D eigenvalue weighted by Gasteiger charge is 2.23. The Labute approximate surface area is 170 Å². The molecule has 30 heavy (non-hydrogen) atoms. The predicted octanol–water partition coefficient (Wildman–Crippen LogP) is 2.70. The summed E-state index contributed by atoms with van der Waals surface area (Å²) in [4.78, 5) is 11.1. The van der Waals surface area contributed by atoms with Gasteiger partial charge in [-0.3, -0.25) is 4.68 Å². The number of hydrogen-bond donors (Lipinski definition) is 2. The number of rotatable bonds is 7. The second-order valence-corrected chi connectivity index (χ2v) is 6.56. The molecular formula is C20H19F2N5O3. The first-order valence-corrected chi connectivity index (χ1v) is 9.11. The Morgan fingerprint density at radius 3 is 2.50 bits per heavy atom. The van der Waals surface area contributed by atoms with Crippen molar-refractivity contribution in [3.63, 3.8) is 0 Å². The second-order valence-electron chi connectivity index (χ2n) is 6.56. The Bertz CT molecular complexity index is 1180. The largest absolute Gasteiger partial charge is 0.479 e. The minimum atomic E-state index is -0.875. The van der Waals surface area contributed by atoms with Crippen LogP contribution in [0.2, 0.25) is 0 Å². The highest BCUT2D eigenvalue weighted by Crippen LogP contribution is 2.32. The molecule has 0 bridgehead atoms. The van der Waals surface area contributed by atoms with E-state index in [2.05, 4.69) is 20.1 Å². The van der Waals surface area contributed by atoms with Crippen molar-refractivity contribution in [2.75, 3.05) is 20.8 Å². The number of methoxy groups -OCH3 is 2. The summed E-state index contributed by atoms with van der Waals surface area (Å²) in [6.07, 6.45) is 6.76. The van der Waals surface area contributed by atoms with E-state index < -0.39 is 11.6 Å². The minimum Gasteiger partial charge on any atom is -0.479 e. The molecule has 0 saturated heterocycles. The third-order valence-corrected chi connectivity index (χ3v) is 4.77. The maximum Gasteiger partial charge on any atom is 0.253 e. The molecule has 0 fully saturated rings. The number of nitrogens with one attached hydrogen (secondary N) is 1. The lowest BCUT2D eigenvalue weighted by atomic mass is 10.0. The summed E-state index contributed by atoms with van der Waals surface area (Å²) in [6.45, 7) is 0.367. The molecule has 0 saturated carbocycles. The summed E-state index contributed by atoms with van der Waals surface area (Å²) < 4.78 is 40.9. The maximum atomic E-state index is 14.7. The summed E-state index contributed by atoms with van der Waals surface area (Å²) in [7, 11) is 2.51. The molecule has 4 aromatic rings. The molecule has 0 aliphatic carbocycles. The molecule has 0 radical (unpaired) electrons. The zero-order valence-electron chi connectivity index (χ0n) is 16.3. The number of nitrogens with zero attached hydrogens (tertiary/aromatic N) is 4. The lowest BCUT2D eigenvalue weighted by Gasteiger charge is -2.11. The SMILES string of the molecule is COc1nc(OC)c(F)c(Cc2c[nH]c3ncc(-c4cnn(CCO)c4)cc23)c1F. The van der Waals surface area contributed by atoms with Crippen molar-refractivity contribution >= 4 is 11.0 Å². The van der Waals surface area contributed by atoms with Gasteiger partial charge in [0.05, 0.1) is 33.6 Å². The molecule has 0 aliphatic rings. The van der Waals surface area contributed by atoms with Crippen LogP contribution in [0.3, 0.4) is 0 Å². The monoisotopic (exact) mass is 415 g/mol. The molecule has 10 heteroatoms. The van der Waals surface area contributed by atoms with Gasteiger partial charge in [-0.2, -0.15) is 10.1 Å². The van der Waals surface area contributed by atoms with Gasteiger partial charge in [0.15, 0.2) is 11.6 Å². The predicted molar refractivity (Wildman–Crippen MR) is 104 cm³/mol. The lowest BCUT2D eigenvalue weighted by Crippen LogP contribution is -2.06. The van der Waals surface area contributed by atoms with Gasteiger partial charge in [0, 0.05) is 47.1 Å². The zero-order chi connectivity index (χ0) is 21.3.